The molecule has 1 aromatic carbocycles. The lowest BCUT2D eigenvalue weighted by molar-refractivity contribution is 0.000223. The van der Waals surface area contributed by atoms with E-state index in [1.165, 1.54) is 0 Å². The molecule has 0 spiro atoms. The van der Waals surface area contributed by atoms with Crippen LogP contribution in [0, 0.1) is 5.41 Å². The van der Waals surface area contributed by atoms with Crippen molar-refractivity contribution in [2.75, 3.05) is 7.11 Å². The van der Waals surface area contributed by atoms with Gasteiger partial charge in [0.2, 0.25) is 0 Å². The molecule has 0 unspecified atom stereocenters. The van der Waals surface area contributed by atoms with Crippen molar-refractivity contribution in [1.29, 1.82) is 0 Å². The smallest absolute Gasteiger partial charge is 0.109 e. The van der Waals surface area contributed by atoms with Gasteiger partial charge in [-0.2, -0.15) is 0 Å². The van der Waals surface area contributed by atoms with Crippen LogP contribution in [0.25, 0.3) is 0 Å². The highest BCUT2D eigenvalue weighted by Crippen LogP contribution is 2.33. The fourth-order valence-electron chi connectivity index (χ4n) is 1.71. The largest absolute Gasteiger partial charge is 0.385 e. The van der Waals surface area contributed by atoms with Crippen LogP contribution < -0.4 is 0 Å². The van der Waals surface area contributed by atoms with Crippen LogP contribution in [0.1, 0.15) is 32.4 Å². The van der Waals surface area contributed by atoms with Crippen molar-refractivity contribution in [2.24, 2.45) is 5.41 Å². The van der Waals surface area contributed by atoms with Crippen LogP contribution in [0.3, 0.4) is 0 Å². The maximum Gasteiger partial charge on any atom is 0.109 e. The molecule has 94 valence electrons. The maximum absolute atomic E-state index is 10.3. The Kier molecular flexibility index (Phi) is 4.49. The quantitative estimate of drug-likeness (QED) is 0.810. The minimum atomic E-state index is -0.673. The molecular weight excluding hydrogens is 212 g/mol. The molecule has 0 aliphatic carbocycles. The highest BCUT2D eigenvalue weighted by Gasteiger charge is 2.29. The van der Waals surface area contributed by atoms with E-state index in [9.17, 15) is 5.11 Å². The normalized spacial score (nSPS) is 15.4. The molecule has 0 aliphatic heterocycles. The second kappa shape index (κ2) is 5.48. The fourth-order valence-corrected chi connectivity index (χ4v) is 1.71. The number of ether oxygens (including phenoxy) is 1. The monoisotopic (exact) mass is 234 g/mol. The Bertz CT molecular complexity index is 362. The van der Waals surface area contributed by atoms with Gasteiger partial charge in [-0.15, -0.1) is 0 Å². The summed E-state index contributed by atoms with van der Waals surface area (Å²) in [6.07, 6.45) is -1.05. The van der Waals surface area contributed by atoms with Gasteiger partial charge in [0.15, 0.2) is 0 Å². The lowest BCUT2D eigenvalue weighted by atomic mass is 9.81. The predicted octanol–water partition coefficient (Wildman–Crippen LogP) is 3.34. The van der Waals surface area contributed by atoms with Crippen LogP contribution in [0.2, 0.25) is 0 Å². The Balaban J connectivity index is 2.93. The molecule has 0 aliphatic rings. The molecule has 0 saturated carbocycles. The first-order valence-corrected chi connectivity index (χ1v) is 5.83. The van der Waals surface area contributed by atoms with Gasteiger partial charge in [-0.25, -0.2) is 0 Å². The van der Waals surface area contributed by atoms with Crippen molar-refractivity contribution in [2.45, 2.75) is 33.0 Å². The Morgan fingerprint density at radius 2 is 1.76 bits per heavy atom. The summed E-state index contributed by atoms with van der Waals surface area (Å²) in [5.41, 5.74) is 1.66. The molecule has 0 saturated heterocycles. The zero-order valence-electron chi connectivity index (χ0n) is 11.1. The van der Waals surface area contributed by atoms with Crippen molar-refractivity contribution < 1.29 is 9.84 Å². The number of hydrogen-bond donors (Lipinski definition) is 1. The Labute approximate surface area is 104 Å². The third kappa shape index (κ3) is 3.42. The summed E-state index contributed by atoms with van der Waals surface area (Å²) in [6, 6.07) is 9.53. The molecule has 1 N–H and O–H groups in total. The molecule has 17 heavy (non-hydrogen) atoms. The van der Waals surface area contributed by atoms with Gasteiger partial charge in [-0.3, -0.25) is 0 Å². The third-order valence-electron chi connectivity index (χ3n) is 2.99. The van der Waals surface area contributed by atoms with Gasteiger partial charge in [0.05, 0.1) is 0 Å². The molecule has 1 aromatic rings. The summed E-state index contributed by atoms with van der Waals surface area (Å²) < 4.78 is 5.41. The summed E-state index contributed by atoms with van der Waals surface area (Å²) in [5.74, 6) is 0. The van der Waals surface area contributed by atoms with Crippen LogP contribution in [-0.4, -0.2) is 18.3 Å². The van der Waals surface area contributed by atoms with Crippen molar-refractivity contribution >= 4 is 0 Å². The van der Waals surface area contributed by atoms with E-state index in [4.69, 9.17) is 4.74 Å². The molecule has 0 bridgehead atoms. The number of hydrogen-bond acceptors (Lipinski definition) is 2. The van der Waals surface area contributed by atoms with Crippen LogP contribution >= 0.6 is 0 Å². The SMILES string of the molecule is C=C([C@H](OC)[C@H](O)c1ccccc1)C(C)(C)C. The molecule has 2 atom stereocenters. The van der Waals surface area contributed by atoms with E-state index >= 15 is 0 Å². The molecule has 1 rings (SSSR count). The molecule has 2 nitrogen and oxygen atoms in total. The standard InChI is InChI=1S/C15H22O2/c1-11(15(2,3)4)14(17-5)13(16)12-9-7-6-8-10-12/h6-10,13-14,16H,1H2,2-5H3/t13-,14+/m1/s1. The molecule has 0 aromatic heterocycles. The van der Waals surface area contributed by atoms with Crippen molar-refractivity contribution in [3.63, 3.8) is 0 Å². The van der Waals surface area contributed by atoms with Crippen molar-refractivity contribution in [3.8, 4) is 0 Å². The first-order chi connectivity index (χ1) is 7.88. The second-order valence-corrected chi connectivity index (χ2v) is 5.29. The van der Waals surface area contributed by atoms with Gasteiger partial charge in [0.1, 0.15) is 12.2 Å². The van der Waals surface area contributed by atoms with Gasteiger partial charge >= 0.3 is 0 Å². The summed E-state index contributed by atoms with van der Waals surface area (Å²) in [6.45, 7) is 10.3. The fraction of sp³-hybridized carbons (Fsp3) is 0.467. The van der Waals surface area contributed by atoms with E-state index in [0.29, 0.717) is 0 Å². The van der Waals surface area contributed by atoms with Gasteiger partial charge in [-0.05, 0) is 16.6 Å². The topological polar surface area (TPSA) is 29.5 Å². The van der Waals surface area contributed by atoms with Crippen LogP contribution in [0.4, 0.5) is 0 Å². The molecule has 0 amide bonds. The van der Waals surface area contributed by atoms with Crippen molar-refractivity contribution in [3.05, 3.63) is 48.0 Å². The number of aliphatic hydroxyl groups is 1. The number of rotatable bonds is 4. The van der Waals surface area contributed by atoms with Crippen LogP contribution in [0.5, 0.6) is 0 Å². The summed E-state index contributed by atoms with van der Waals surface area (Å²) >= 11 is 0. The molecular formula is C15H22O2. The first-order valence-electron chi connectivity index (χ1n) is 5.83. The lowest BCUT2D eigenvalue weighted by Crippen LogP contribution is -2.29. The van der Waals surface area contributed by atoms with E-state index < -0.39 is 6.10 Å². The first kappa shape index (κ1) is 13.9. The Hall–Kier alpha value is -1.12. The lowest BCUT2D eigenvalue weighted by Gasteiger charge is -2.31. The van der Waals surface area contributed by atoms with E-state index in [2.05, 4.69) is 27.4 Å². The number of methoxy groups -OCH3 is 1. The highest BCUT2D eigenvalue weighted by atomic mass is 16.5. The van der Waals surface area contributed by atoms with Crippen LogP contribution in [0.15, 0.2) is 42.5 Å². The molecule has 0 radical (unpaired) electrons. The van der Waals surface area contributed by atoms with Gasteiger partial charge in [0, 0.05) is 7.11 Å². The average Bonchev–Trinajstić information content (AvgIpc) is 2.29. The minimum absolute atomic E-state index is 0.0869. The second-order valence-electron chi connectivity index (χ2n) is 5.29. The zero-order chi connectivity index (χ0) is 13.1. The Morgan fingerprint density at radius 1 is 1.24 bits per heavy atom. The minimum Gasteiger partial charge on any atom is -0.385 e. The number of aliphatic hydroxyl groups excluding tert-OH is 1. The van der Waals surface area contributed by atoms with Crippen LogP contribution in [-0.2, 0) is 4.74 Å². The summed E-state index contributed by atoms with van der Waals surface area (Å²) in [5, 5.41) is 10.3. The number of benzene rings is 1. The third-order valence-corrected chi connectivity index (χ3v) is 2.99. The van der Waals surface area contributed by atoms with E-state index in [-0.39, 0.29) is 11.5 Å². The highest BCUT2D eigenvalue weighted by molar-refractivity contribution is 5.24. The van der Waals surface area contributed by atoms with Crippen molar-refractivity contribution in [1.82, 2.24) is 0 Å². The van der Waals surface area contributed by atoms with Gasteiger partial charge in [0.25, 0.3) is 0 Å². The van der Waals surface area contributed by atoms with Gasteiger partial charge in [-0.1, -0.05) is 57.7 Å². The van der Waals surface area contributed by atoms with E-state index in [1.54, 1.807) is 7.11 Å². The average molecular weight is 234 g/mol. The Morgan fingerprint density at radius 3 is 2.18 bits per heavy atom. The zero-order valence-corrected chi connectivity index (χ0v) is 11.1. The summed E-state index contributed by atoms with van der Waals surface area (Å²) in [4.78, 5) is 0. The van der Waals surface area contributed by atoms with E-state index in [0.717, 1.165) is 11.1 Å². The molecule has 2 heteroatoms. The maximum atomic E-state index is 10.3. The molecule has 0 heterocycles. The summed E-state index contributed by atoms with van der Waals surface area (Å²) in [7, 11) is 1.60. The molecule has 0 fully saturated rings. The predicted molar refractivity (Wildman–Crippen MR) is 70.8 cm³/mol. The van der Waals surface area contributed by atoms with E-state index in [1.807, 2.05) is 30.3 Å². The van der Waals surface area contributed by atoms with Gasteiger partial charge < -0.3 is 9.84 Å².